The molecule has 150 valence electrons. The number of hydrogen-bond acceptors (Lipinski definition) is 4. The minimum absolute atomic E-state index is 0. The maximum absolute atomic E-state index is 13.4. The van der Waals surface area contributed by atoms with Gasteiger partial charge >= 0.3 is 0 Å². The smallest absolute Gasteiger partial charge is 0.224 e. The lowest BCUT2D eigenvalue weighted by Gasteiger charge is -2.34. The molecule has 0 bridgehead atoms. The maximum Gasteiger partial charge on any atom is 0.224 e. The molecule has 1 aliphatic heterocycles. The number of benzene rings is 1. The highest BCUT2D eigenvalue weighted by Gasteiger charge is 2.22. The molecule has 1 aromatic heterocycles. The Balaban J connectivity index is 0.00000182. The molecule has 1 unspecified atom stereocenters. The van der Waals surface area contributed by atoms with Gasteiger partial charge in [-0.3, -0.25) is 9.69 Å². The first-order valence-corrected chi connectivity index (χ1v) is 9.43. The number of carbonyl (C=O) groups is 1. The van der Waals surface area contributed by atoms with E-state index in [4.69, 9.17) is 5.73 Å². The van der Waals surface area contributed by atoms with Crippen LogP contribution in [-0.4, -0.2) is 47.9 Å². The summed E-state index contributed by atoms with van der Waals surface area (Å²) in [4.78, 5) is 18.7. The summed E-state index contributed by atoms with van der Waals surface area (Å²) < 4.78 is 13.4. The summed E-state index contributed by atoms with van der Waals surface area (Å²) >= 11 is 1.70. The fourth-order valence-electron chi connectivity index (χ4n) is 3.04. The first-order chi connectivity index (χ1) is 12.0. The predicted octanol–water partition coefficient (Wildman–Crippen LogP) is 3.78. The number of amides is 1. The molecule has 0 aliphatic carbocycles. The lowest BCUT2D eigenvalue weighted by atomic mass is 10.2. The van der Waals surface area contributed by atoms with Gasteiger partial charge in [-0.2, -0.15) is 0 Å². The molecule has 2 aromatic rings. The Labute approximate surface area is 176 Å². The summed E-state index contributed by atoms with van der Waals surface area (Å²) in [7, 11) is 0. The predicted molar refractivity (Wildman–Crippen MR) is 114 cm³/mol. The number of hydrogen-bond donors (Lipinski definition) is 1. The Kier molecular flexibility index (Phi) is 9.70. The quantitative estimate of drug-likeness (QED) is 0.780. The van der Waals surface area contributed by atoms with E-state index in [2.05, 4.69) is 17.0 Å². The molecule has 0 radical (unpaired) electrons. The van der Waals surface area contributed by atoms with Crippen molar-refractivity contribution < 1.29 is 9.18 Å². The fourth-order valence-corrected chi connectivity index (χ4v) is 4.09. The van der Waals surface area contributed by atoms with Crippen molar-refractivity contribution in [3.8, 4) is 10.4 Å². The highest BCUT2D eigenvalue weighted by molar-refractivity contribution is 7.15. The molecule has 2 N–H and O–H groups in total. The van der Waals surface area contributed by atoms with E-state index in [-0.39, 0.29) is 42.6 Å². The van der Waals surface area contributed by atoms with Crippen LogP contribution in [-0.2, 0) is 11.3 Å². The first kappa shape index (κ1) is 23.9. The maximum atomic E-state index is 13.4. The third-order valence-corrected chi connectivity index (χ3v) is 5.49. The minimum Gasteiger partial charge on any atom is -0.340 e. The van der Waals surface area contributed by atoms with Gasteiger partial charge in [-0.25, -0.2) is 4.39 Å². The van der Waals surface area contributed by atoms with E-state index in [9.17, 15) is 9.18 Å². The van der Waals surface area contributed by atoms with E-state index in [1.807, 2.05) is 17.9 Å². The van der Waals surface area contributed by atoms with E-state index >= 15 is 0 Å². The number of nitrogens with two attached hydrogens (primary N) is 1. The van der Waals surface area contributed by atoms with Gasteiger partial charge in [0.2, 0.25) is 5.91 Å². The Morgan fingerprint density at radius 1 is 1.19 bits per heavy atom. The van der Waals surface area contributed by atoms with Gasteiger partial charge in [0.25, 0.3) is 0 Å². The van der Waals surface area contributed by atoms with Gasteiger partial charge in [-0.15, -0.1) is 36.2 Å². The van der Waals surface area contributed by atoms with Gasteiger partial charge in [0.05, 0.1) is 0 Å². The number of carbonyl (C=O) groups excluding carboxylic acids is 1. The van der Waals surface area contributed by atoms with E-state index in [1.54, 1.807) is 23.5 Å². The van der Waals surface area contributed by atoms with Crippen LogP contribution in [0, 0.1) is 5.82 Å². The molecule has 1 fully saturated rings. The standard InChI is InChI=1S/C19H24FN3OS.2ClH/c1-14(21)11-19(24)23-9-7-22(8-10-23)13-17-5-6-18(25-17)15-3-2-4-16(20)12-15;;/h2-6,12,14H,7-11,13,21H2,1H3;2*1H. The van der Waals surface area contributed by atoms with Crippen LogP contribution in [0.2, 0.25) is 0 Å². The molecule has 1 aliphatic rings. The van der Waals surface area contributed by atoms with E-state index in [1.165, 1.54) is 10.9 Å². The van der Waals surface area contributed by atoms with Gasteiger partial charge < -0.3 is 10.6 Å². The Morgan fingerprint density at radius 2 is 1.89 bits per heavy atom. The fraction of sp³-hybridized carbons (Fsp3) is 0.421. The van der Waals surface area contributed by atoms with E-state index < -0.39 is 0 Å². The molecule has 1 amide bonds. The molecule has 0 saturated carbocycles. The summed E-state index contributed by atoms with van der Waals surface area (Å²) in [6.07, 6.45) is 0.419. The lowest BCUT2D eigenvalue weighted by molar-refractivity contribution is -0.133. The van der Waals surface area contributed by atoms with Gasteiger partial charge in [-0.05, 0) is 36.8 Å². The molecule has 1 atom stereocenters. The van der Waals surface area contributed by atoms with Crippen LogP contribution in [0.3, 0.4) is 0 Å². The number of thiophene rings is 1. The lowest BCUT2D eigenvalue weighted by Crippen LogP contribution is -2.49. The summed E-state index contributed by atoms with van der Waals surface area (Å²) in [6, 6.07) is 10.8. The zero-order valence-corrected chi connectivity index (χ0v) is 17.7. The Morgan fingerprint density at radius 3 is 2.52 bits per heavy atom. The van der Waals surface area contributed by atoms with Crippen LogP contribution < -0.4 is 5.73 Å². The number of piperazine rings is 1. The van der Waals surface area contributed by atoms with Gasteiger partial charge in [0.15, 0.2) is 0 Å². The second-order valence-corrected chi connectivity index (χ2v) is 7.78. The monoisotopic (exact) mass is 433 g/mol. The molecular weight excluding hydrogens is 408 g/mol. The molecule has 0 spiro atoms. The second kappa shape index (κ2) is 11.0. The molecule has 8 heteroatoms. The van der Waals surface area contributed by atoms with Gasteiger partial charge in [0.1, 0.15) is 5.82 Å². The van der Waals surface area contributed by atoms with Crippen molar-refractivity contribution in [1.82, 2.24) is 9.80 Å². The van der Waals surface area contributed by atoms with Crippen LogP contribution >= 0.6 is 36.2 Å². The normalized spacial score (nSPS) is 15.6. The largest absolute Gasteiger partial charge is 0.340 e. The van der Waals surface area contributed by atoms with Crippen LogP contribution in [0.5, 0.6) is 0 Å². The van der Waals surface area contributed by atoms with Crippen molar-refractivity contribution in [2.24, 2.45) is 5.73 Å². The number of halogens is 3. The highest BCUT2D eigenvalue weighted by Crippen LogP contribution is 2.29. The average Bonchev–Trinajstić information content (AvgIpc) is 3.03. The molecular formula is C19H26Cl2FN3OS. The number of nitrogens with zero attached hydrogens (tertiary/aromatic N) is 2. The highest BCUT2D eigenvalue weighted by atomic mass is 35.5. The molecule has 1 saturated heterocycles. The SMILES string of the molecule is CC(N)CC(=O)N1CCN(Cc2ccc(-c3cccc(F)c3)s2)CC1.Cl.Cl. The van der Waals surface area contributed by atoms with Crippen LogP contribution in [0.1, 0.15) is 18.2 Å². The van der Waals surface area contributed by atoms with Gasteiger partial charge in [-0.1, -0.05) is 12.1 Å². The minimum atomic E-state index is -0.208. The van der Waals surface area contributed by atoms with Crippen molar-refractivity contribution in [3.05, 3.63) is 47.1 Å². The topological polar surface area (TPSA) is 49.6 Å². The zero-order chi connectivity index (χ0) is 17.8. The van der Waals surface area contributed by atoms with Crippen LogP contribution in [0.15, 0.2) is 36.4 Å². The van der Waals surface area contributed by atoms with Gasteiger partial charge in [0, 0.05) is 54.9 Å². The summed E-state index contributed by atoms with van der Waals surface area (Å²) in [5, 5.41) is 0. The van der Waals surface area contributed by atoms with Crippen LogP contribution in [0.4, 0.5) is 4.39 Å². The van der Waals surface area contributed by atoms with Crippen molar-refractivity contribution >= 4 is 42.1 Å². The Hall–Kier alpha value is -1.18. The summed E-state index contributed by atoms with van der Waals surface area (Å²) in [5.41, 5.74) is 6.63. The average molecular weight is 434 g/mol. The van der Waals surface area contributed by atoms with Crippen LogP contribution in [0.25, 0.3) is 10.4 Å². The first-order valence-electron chi connectivity index (χ1n) is 8.61. The van der Waals surface area contributed by atoms with E-state index in [0.29, 0.717) is 6.42 Å². The number of rotatable bonds is 5. The van der Waals surface area contributed by atoms with Crippen molar-refractivity contribution in [1.29, 1.82) is 0 Å². The second-order valence-electron chi connectivity index (χ2n) is 6.61. The summed E-state index contributed by atoms with van der Waals surface area (Å²) in [5.74, 6) is -0.0563. The van der Waals surface area contributed by atoms with Crippen molar-refractivity contribution in [2.75, 3.05) is 26.2 Å². The van der Waals surface area contributed by atoms with Crippen molar-refractivity contribution in [2.45, 2.75) is 25.9 Å². The Bertz CT molecular complexity index is 733. The molecule has 1 aromatic carbocycles. The third-order valence-electron chi connectivity index (χ3n) is 4.37. The third kappa shape index (κ3) is 6.73. The van der Waals surface area contributed by atoms with Crippen molar-refractivity contribution in [3.63, 3.8) is 0 Å². The summed E-state index contributed by atoms with van der Waals surface area (Å²) in [6.45, 7) is 5.99. The molecule has 2 heterocycles. The zero-order valence-electron chi connectivity index (χ0n) is 15.3. The van der Waals surface area contributed by atoms with E-state index in [0.717, 1.165) is 43.2 Å². The molecule has 27 heavy (non-hydrogen) atoms. The molecule has 3 rings (SSSR count). The molecule has 4 nitrogen and oxygen atoms in total.